The molecule has 1 aromatic rings. The van der Waals surface area contributed by atoms with Crippen LogP contribution in [0, 0.1) is 5.92 Å². The molecule has 0 radical (unpaired) electrons. The van der Waals surface area contributed by atoms with Gasteiger partial charge in [0.25, 0.3) is 0 Å². The Morgan fingerprint density at radius 1 is 1.41 bits per heavy atom. The average Bonchev–Trinajstić information content (AvgIpc) is 2.34. The molecular formula is C13H16BrClO2. The number of halogens is 2. The Labute approximate surface area is 115 Å². The molecule has 17 heavy (non-hydrogen) atoms. The molecule has 94 valence electrons. The molecule has 2 nitrogen and oxygen atoms in total. The first-order chi connectivity index (χ1) is 8.16. The normalized spacial score (nSPS) is 19.2. The van der Waals surface area contributed by atoms with E-state index in [0.717, 1.165) is 42.5 Å². The molecule has 1 heterocycles. The van der Waals surface area contributed by atoms with Crippen LogP contribution in [0.1, 0.15) is 30.9 Å². The minimum atomic E-state index is -0.410. The summed E-state index contributed by atoms with van der Waals surface area (Å²) in [6.07, 6.45) is 2.49. The van der Waals surface area contributed by atoms with Gasteiger partial charge in [-0.3, -0.25) is 0 Å². The van der Waals surface area contributed by atoms with Crippen LogP contribution in [0.15, 0.2) is 22.7 Å². The Balaban J connectivity index is 1.98. The molecule has 0 spiro atoms. The van der Waals surface area contributed by atoms with Gasteiger partial charge in [-0.2, -0.15) is 0 Å². The molecule has 1 N–H and O–H groups in total. The van der Waals surface area contributed by atoms with Crippen LogP contribution in [0.2, 0.25) is 5.02 Å². The predicted molar refractivity (Wildman–Crippen MR) is 72.3 cm³/mol. The van der Waals surface area contributed by atoms with Gasteiger partial charge in [0, 0.05) is 17.7 Å². The highest BCUT2D eigenvalue weighted by molar-refractivity contribution is 9.10. The Hall–Kier alpha value is -0.0900. The maximum absolute atomic E-state index is 10.2. The molecule has 0 saturated carbocycles. The summed E-state index contributed by atoms with van der Waals surface area (Å²) in [5.41, 5.74) is 0.924. The minimum absolute atomic E-state index is 0.410. The topological polar surface area (TPSA) is 29.5 Å². The van der Waals surface area contributed by atoms with E-state index in [2.05, 4.69) is 15.9 Å². The molecule has 1 unspecified atom stereocenters. The van der Waals surface area contributed by atoms with Gasteiger partial charge >= 0.3 is 0 Å². The molecule has 1 atom stereocenters. The van der Waals surface area contributed by atoms with Crippen molar-refractivity contribution in [3.8, 4) is 0 Å². The number of aliphatic hydroxyl groups is 1. The Bertz CT molecular complexity index is 378. The van der Waals surface area contributed by atoms with E-state index in [1.165, 1.54) is 0 Å². The van der Waals surface area contributed by atoms with Gasteiger partial charge in [-0.15, -0.1) is 0 Å². The molecule has 1 fully saturated rings. The fraction of sp³-hybridized carbons (Fsp3) is 0.538. The number of hydrogen-bond acceptors (Lipinski definition) is 2. The van der Waals surface area contributed by atoms with Crippen molar-refractivity contribution in [1.29, 1.82) is 0 Å². The quantitative estimate of drug-likeness (QED) is 0.914. The summed E-state index contributed by atoms with van der Waals surface area (Å²) in [7, 11) is 0. The maximum Gasteiger partial charge on any atom is 0.0793 e. The lowest BCUT2D eigenvalue weighted by Crippen LogP contribution is -2.18. The molecule has 4 heteroatoms. The van der Waals surface area contributed by atoms with Gasteiger partial charge in [-0.25, -0.2) is 0 Å². The van der Waals surface area contributed by atoms with E-state index in [0.29, 0.717) is 10.9 Å². The number of aliphatic hydroxyl groups excluding tert-OH is 1. The summed E-state index contributed by atoms with van der Waals surface area (Å²) in [6, 6.07) is 5.59. The second kappa shape index (κ2) is 6.19. The molecule has 2 rings (SSSR count). The van der Waals surface area contributed by atoms with Crippen LogP contribution in [0.3, 0.4) is 0 Å². The third-order valence-electron chi connectivity index (χ3n) is 3.23. The van der Waals surface area contributed by atoms with Gasteiger partial charge in [0.15, 0.2) is 0 Å². The van der Waals surface area contributed by atoms with Crippen molar-refractivity contribution >= 4 is 27.5 Å². The van der Waals surface area contributed by atoms with Crippen molar-refractivity contribution in [2.24, 2.45) is 5.92 Å². The van der Waals surface area contributed by atoms with Crippen molar-refractivity contribution in [1.82, 2.24) is 0 Å². The molecule has 1 aliphatic rings. The van der Waals surface area contributed by atoms with Gasteiger partial charge in [-0.05, 0) is 58.8 Å². The smallest absolute Gasteiger partial charge is 0.0793 e. The third-order valence-corrected chi connectivity index (χ3v) is 4.44. The largest absolute Gasteiger partial charge is 0.388 e. The fourth-order valence-corrected chi connectivity index (χ4v) is 2.67. The average molecular weight is 320 g/mol. The highest BCUT2D eigenvalue weighted by atomic mass is 79.9. The molecular weight excluding hydrogens is 303 g/mol. The zero-order chi connectivity index (χ0) is 12.3. The van der Waals surface area contributed by atoms with Gasteiger partial charge in [0.1, 0.15) is 0 Å². The van der Waals surface area contributed by atoms with E-state index in [-0.39, 0.29) is 0 Å². The Morgan fingerprint density at radius 2 is 2.12 bits per heavy atom. The molecule has 0 aliphatic carbocycles. The summed E-state index contributed by atoms with van der Waals surface area (Å²) in [4.78, 5) is 0. The highest BCUT2D eigenvalue weighted by Gasteiger charge is 2.19. The van der Waals surface area contributed by atoms with Crippen LogP contribution in [-0.4, -0.2) is 18.3 Å². The monoisotopic (exact) mass is 318 g/mol. The van der Waals surface area contributed by atoms with E-state index < -0.39 is 6.10 Å². The maximum atomic E-state index is 10.2. The lowest BCUT2D eigenvalue weighted by molar-refractivity contribution is 0.0435. The van der Waals surface area contributed by atoms with Crippen LogP contribution in [0.25, 0.3) is 0 Å². The standard InChI is InChI=1S/C13H16BrClO2/c14-11-8-10(1-2-12(11)15)13(16)7-9-3-5-17-6-4-9/h1-2,8-9,13,16H,3-7H2. The number of rotatable bonds is 3. The van der Waals surface area contributed by atoms with Crippen LogP contribution < -0.4 is 0 Å². The summed E-state index contributed by atoms with van der Waals surface area (Å²) in [5, 5.41) is 10.9. The predicted octanol–water partition coefficient (Wildman–Crippen LogP) is 3.95. The number of benzene rings is 1. The van der Waals surface area contributed by atoms with Gasteiger partial charge in [-0.1, -0.05) is 17.7 Å². The summed E-state index contributed by atoms with van der Waals surface area (Å²) in [6.45, 7) is 1.64. The molecule has 1 aromatic carbocycles. The van der Waals surface area contributed by atoms with Crippen LogP contribution >= 0.6 is 27.5 Å². The van der Waals surface area contributed by atoms with E-state index in [9.17, 15) is 5.11 Å². The zero-order valence-electron chi connectivity index (χ0n) is 9.53. The Morgan fingerprint density at radius 3 is 2.76 bits per heavy atom. The van der Waals surface area contributed by atoms with Crippen molar-refractivity contribution in [3.63, 3.8) is 0 Å². The second-order valence-electron chi connectivity index (χ2n) is 4.48. The van der Waals surface area contributed by atoms with E-state index >= 15 is 0 Å². The lowest BCUT2D eigenvalue weighted by Gasteiger charge is -2.24. The Kier molecular flexibility index (Phi) is 4.86. The highest BCUT2D eigenvalue weighted by Crippen LogP contribution is 2.31. The van der Waals surface area contributed by atoms with Crippen molar-refractivity contribution < 1.29 is 9.84 Å². The van der Waals surface area contributed by atoms with Crippen molar-refractivity contribution in [2.75, 3.05) is 13.2 Å². The first-order valence-corrected chi connectivity index (χ1v) is 7.04. The van der Waals surface area contributed by atoms with Crippen LogP contribution in [-0.2, 0) is 4.74 Å². The molecule has 0 bridgehead atoms. The van der Waals surface area contributed by atoms with E-state index in [1.54, 1.807) is 0 Å². The SMILES string of the molecule is OC(CC1CCOCC1)c1ccc(Cl)c(Br)c1. The number of ether oxygens (including phenoxy) is 1. The van der Waals surface area contributed by atoms with Crippen molar-refractivity contribution in [2.45, 2.75) is 25.4 Å². The van der Waals surface area contributed by atoms with Gasteiger partial charge in [0.2, 0.25) is 0 Å². The number of hydrogen-bond donors (Lipinski definition) is 1. The summed E-state index contributed by atoms with van der Waals surface area (Å²) < 4.78 is 6.15. The minimum Gasteiger partial charge on any atom is -0.388 e. The first kappa shape index (κ1) is 13.3. The summed E-state index contributed by atoms with van der Waals surface area (Å²) in [5.74, 6) is 0.563. The lowest BCUT2D eigenvalue weighted by atomic mass is 9.91. The van der Waals surface area contributed by atoms with Crippen LogP contribution in [0.4, 0.5) is 0 Å². The second-order valence-corrected chi connectivity index (χ2v) is 5.74. The molecule has 1 saturated heterocycles. The molecule has 0 aromatic heterocycles. The van der Waals surface area contributed by atoms with E-state index in [4.69, 9.17) is 16.3 Å². The van der Waals surface area contributed by atoms with Crippen LogP contribution in [0.5, 0.6) is 0 Å². The third kappa shape index (κ3) is 3.68. The van der Waals surface area contributed by atoms with Gasteiger partial charge in [0.05, 0.1) is 11.1 Å². The fourth-order valence-electron chi connectivity index (χ4n) is 2.15. The van der Waals surface area contributed by atoms with Crippen molar-refractivity contribution in [3.05, 3.63) is 33.3 Å². The zero-order valence-corrected chi connectivity index (χ0v) is 11.9. The first-order valence-electron chi connectivity index (χ1n) is 5.87. The molecule has 1 aliphatic heterocycles. The van der Waals surface area contributed by atoms with E-state index in [1.807, 2.05) is 18.2 Å². The molecule has 0 amide bonds. The van der Waals surface area contributed by atoms with Gasteiger partial charge < -0.3 is 9.84 Å². The summed E-state index contributed by atoms with van der Waals surface area (Å²) >= 11 is 9.31.